The van der Waals surface area contributed by atoms with Crippen LogP contribution in [-0.2, 0) is 4.74 Å². The predicted octanol–water partition coefficient (Wildman–Crippen LogP) is 3.25. The van der Waals surface area contributed by atoms with Crippen molar-refractivity contribution in [2.45, 2.75) is 55.7 Å². The summed E-state index contributed by atoms with van der Waals surface area (Å²) >= 11 is 2.67. The van der Waals surface area contributed by atoms with E-state index in [4.69, 9.17) is 9.84 Å². The Morgan fingerprint density at radius 1 is 1.57 bits per heavy atom. The van der Waals surface area contributed by atoms with E-state index in [0.29, 0.717) is 29.5 Å². The Hall–Kier alpha value is -2.02. The van der Waals surface area contributed by atoms with Crippen LogP contribution in [0.3, 0.4) is 0 Å². The quantitative estimate of drug-likeness (QED) is 0.375. The Labute approximate surface area is 172 Å². The van der Waals surface area contributed by atoms with Crippen molar-refractivity contribution >= 4 is 35.2 Å². The maximum atomic E-state index is 12.1. The van der Waals surface area contributed by atoms with Crippen molar-refractivity contribution in [1.82, 2.24) is 9.88 Å². The fourth-order valence-electron chi connectivity index (χ4n) is 2.59. The molecule has 28 heavy (non-hydrogen) atoms. The van der Waals surface area contributed by atoms with E-state index in [0.717, 1.165) is 0 Å². The van der Waals surface area contributed by atoms with Crippen molar-refractivity contribution in [2.24, 2.45) is 0 Å². The molecule has 2 N–H and O–H groups in total. The summed E-state index contributed by atoms with van der Waals surface area (Å²) in [4.78, 5) is 28.7. The second kappa shape index (κ2) is 9.96. The third kappa shape index (κ3) is 6.26. The van der Waals surface area contributed by atoms with Crippen molar-refractivity contribution < 1.29 is 24.5 Å². The molecule has 1 aliphatic heterocycles. The van der Waals surface area contributed by atoms with Crippen LogP contribution in [0, 0.1) is 11.8 Å². The first-order valence-electron chi connectivity index (χ1n) is 8.91. The second-order valence-corrected chi connectivity index (χ2v) is 8.69. The molecule has 1 aliphatic rings. The molecule has 0 saturated carbocycles. The zero-order valence-electron chi connectivity index (χ0n) is 16.0. The molecule has 1 aromatic rings. The number of nitrogens with zero attached hydrogens (tertiary/aromatic N) is 2. The molecule has 3 atom stereocenters. The van der Waals surface area contributed by atoms with Crippen molar-refractivity contribution in [2.75, 3.05) is 12.3 Å². The molecule has 0 aliphatic carbocycles. The highest BCUT2D eigenvalue weighted by Crippen LogP contribution is 2.26. The van der Waals surface area contributed by atoms with E-state index >= 15 is 0 Å². The third-order valence-corrected chi connectivity index (χ3v) is 6.01. The summed E-state index contributed by atoms with van der Waals surface area (Å²) in [6.07, 6.45) is 4.06. The Morgan fingerprint density at radius 3 is 2.96 bits per heavy atom. The number of aliphatic hydroxyl groups is 1. The predicted molar refractivity (Wildman–Crippen MR) is 109 cm³/mol. The van der Waals surface area contributed by atoms with E-state index in [2.05, 4.69) is 16.8 Å². The van der Waals surface area contributed by atoms with Crippen LogP contribution >= 0.6 is 23.1 Å². The topological polar surface area (TPSA) is 100.0 Å². The smallest absolute Gasteiger partial charge is 0.410 e. The first-order valence-corrected chi connectivity index (χ1v) is 10.8. The Kier molecular flexibility index (Phi) is 7.92. The molecular weight excluding hydrogens is 400 g/mol. The number of carboxylic acids is 1. The molecule has 9 heteroatoms. The highest BCUT2D eigenvalue weighted by molar-refractivity contribution is 8.01. The van der Waals surface area contributed by atoms with Gasteiger partial charge >= 0.3 is 12.1 Å². The van der Waals surface area contributed by atoms with Gasteiger partial charge in [-0.1, -0.05) is 36.8 Å². The van der Waals surface area contributed by atoms with Crippen LogP contribution in [0.2, 0.25) is 0 Å². The number of carbonyl (C=O) groups excluding carboxylic acids is 1. The number of thioether (sulfide) groups is 1. The van der Waals surface area contributed by atoms with Gasteiger partial charge in [0.2, 0.25) is 0 Å². The van der Waals surface area contributed by atoms with Gasteiger partial charge in [-0.05, 0) is 13.8 Å². The summed E-state index contributed by atoms with van der Waals surface area (Å²) in [6.45, 7) is 5.85. The van der Waals surface area contributed by atoms with Gasteiger partial charge < -0.3 is 14.9 Å². The number of hydrogen-bond donors (Lipinski definition) is 2. The summed E-state index contributed by atoms with van der Waals surface area (Å²) in [7, 11) is 0. The van der Waals surface area contributed by atoms with Gasteiger partial charge in [-0.2, -0.15) is 0 Å². The number of aromatic nitrogens is 1. The Bertz CT molecular complexity index is 794. The summed E-state index contributed by atoms with van der Waals surface area (Å²) in [5, 5.41) is 20.6. The SMILES string of the molecule is CCC#C[C@@](C)(O)C/C=C/[C@H]1[C@H](C)OC(=O)N1CCSc1nc(C(=O)O)cs1. The lowest BCUT2D eigenvalue weighted by molar-refractivity contribution is 0.0690. The van der Waals surface area contributed by atoms with Gasteiger partial charge in [-0.25, -0.2) is 14.6 Å². The Balaban J connectivity index is 1.92. The molecule has 0 bridgehead atoms. The Morgan fingerprint density at radius 2 is 2.32 bits per heavy atom. The number of cyclic esters (lactones) is 1. The summed E-state index contributed by atoms with van der Waals surface area (Å²) < 4.78 is 5.97. The van der Waals surface area contributed by atoms with Crippen molar-refractivity contribution in [3.05, 3.63) is 23.2 Å². The average molecular weight is 425 g/mol. The summed E-state index contributed by atoms with van der Waals surface area (Å²) in [5.74, 6) is 5.21. The molecule has 0 spiro atoms. The number of ether oxygens (including phenoxy) is 1. The normalized spacial score (nSPS) is 21.3. The molecule has 1 amide bonds. The number of carboxylic acid groups (broad SMARTS) is 1. The van der Waals surface area contributed by atoms with Crippen LogP contribution in [0.15, 0.2) is 21.9 Å². The highest BCUT2D eigenvalue weighted by Gasteiger charge is 2.37. The van der Waals surface area contributed by atoms with Gasteiger partial charge in [0, 0.05) is 30.5 Å². The van der Waals surface area contributed by atoms with Crippen LogP contribution in [-0.4, -0.2) is 62.2 Å². The maximum absolute atomic E-state index is 12.1. The van der Waals surface area contributed by atoms with Gasteiger partial charge in [0.15, 0.2) is 10.0 Å². The first-order chi connectivity index (χ1) is 13.2. The molecule has 2 rings (SSSR count). The van der Waals surface area contributed by atoms with Crippen molar-refractivity contribution in [1.29, 1.82) is 0 Å². The molecular formula is C19H24N2O5S2. The van der Waals surface area contributed by atoms with E-state index in [1.807, 2.05) is 26.0 Å². The van der Waals surface area contributed by atoms with Gasteiger partial charge in [0.05, 0.1) is 6.04 Å². The number of aromatic carboxylic acids is 1. The lowest BCUT2D eigenvalue weighted by atomic mass is 10.0. The zero-order valence-corrected chi connectivity index (χ0v) is 17.7. The zero-order chi connectivity index (χ0) is 20.7. The van der Waals surface area contributed by atoms with E-state index in [1.165, 1.54) is 28.5 Å². The van der Waals surface area contributed by atoms with E-state index in [1.54, 1.807) is 11.8 Å². The molecule has 1 saturated heterocycles. The third-order valence-electron chi connectivity index (χ3n) is 4.01. The largest absolute Gasteiger partial charge is 0.476 e. The van der Waals surface area contributed by atoms with Gasteiger partial charge in [0.1, 0.15) is 11.7 Å². The summed E-state index contributed by atoms with van der Waals surface area (Å²) in [5.41, 5.74) is -1.08. The number of hydrogen-bond acceptors (Lipinski definition) is 7. The molecule has 0 aromatic carbocycles. The molecule has 0 unspecified atom stereocenters. The standard InChI is InChI=1S/C19H24N2O5S2/c1-4-5-8-19(3,25)9-6-7-15-13(2)26-18(24)21(15)10-11-27-17-20-14(12-28-17)16(22)23/h6-7,12-13,15,25H,4,9-11H2,1-3H3,(H,22,23)/b7-6+/t13-,15-,19+/m0/s1. The molecule has 1 aromatic heterocycles. The molecule has 0 radical (unpaired) electrons. The molecule has 152 valence electrons. The van der Waals surface area contributed by atoms with Crippen LogP contribution in [0.25, 0.3) is 0 Å². The number of carbonyl (C=O) groups is 2. The van der Waals surface area contributed by atoms with Gasteiger partial charge in [0.25, 0.3) is 0 Å². The minimum Gasteiger partial charge on any atom is -0.476 e. The van der Waals surface area contributed by atoms with Crippen LogP contribution < -0.4 is 0 Å². The van der Waals surface area contributed by atoms with Crippen LogP contribution in [0.4, 0.5) is 4.79 Å². The van der Waals surface area contributed by atoms with E-state index in [9.17, 15) is 14.7 Å². The van der Waals surface area contributed by atoms with Crippen molar-refractivity contribution in [3.63, 3.8) is 0 Å². The van der Waals surface area contributed by atoms with E-state index in [-0.39, 0.29) is 23.9 Å². The summed E-state index contributed by atoms with van der Waals surface area (Å²) in [6, 6.07) is -0.228. The van der Waals surface area contributed by atoms with Crippen LogP contribution in [0.5, 0.6) is 0 Å². The molecule has 1 fully saturated rings. The van der Waals surface area contributed by atoms with E-state index < -0.39 is 11.6 Å². The first kappa shape index (κ1) is 22.3. The lowest BCUT2D eigenvalue weighted by Crippen LogP contribution is -2.36. The van der Waals surface area contributed by atoms with Gasteiger partial charge in [-0.3, -0.25) is 4.90 Å². The minimum absolute atomic E-state index is 0.0285. The molecule has 2 heterocycles. The van der Waals surface area contributed by atoms with Gasteiger partial charge in [-0.15, -0.1) is 17.3 Å². The fourth-order valence-corrected chi connectivity index (χ4v) is 4.40. The second-order valence-electron chi connectivity index (χ2n) is 6.49. The lowest BCUT2D eigenvalue weighted by Gasteiger charge is -2.20. The number of rotatable bonds is 8. The number of thiazole rings is 1. The fraction of sp³-hybridized carbons (Fsp3) is 0.526. The van der Waals surface area contributed by atoms with Crippen molar-refractivity contribution in [3.8, 4) is 11.8 Å². The minimum atomic E-state index is -1.10. The average Bonchev–Trinajstić information content (AvgIpc) is 3.19. The maximum Gasteiger partial charge on any atom is 0.410 e. The monoisotopic (exact) mass is 424 g/mol. The van der Waals surface area contributed by atoms with Crippen LogP contribution in [0.1, 0.15) is 44.1 Å². The highest BCUT2D eigenvalue weighted by atomic mass is 32.2. The number of amides is 1. The molecule has 7 nitrogen and oxygen atoms in total.